The molecule has 0 fully saturated rings. The molecule has 3 aromatic carbocycles. The molecular weight excluding hydrogens is 466 g/mol. The third kappa shape index (κ3) is 3.28. The molecule has 32 heavy (non-hydrogen) atoms. The van der Waals surface area contributed by atoms with Crippen LogP contribution in [0.5, 0.6) is 0 Å². The van der Waals surface area contributed by atoms with Crippen molar-refractivity contribution in [1.82, 2.24) is 0 Å². The van der Waals surface area contributed by atoms with Gasteiger partial charge in [0.1, 0.15) is 5.58 Å². The van der Waals surface area contributed by atoms with E-state index in [4.69, 9.17) is 4.42 Å². The number of hydrogen-bond acceptors (Lipinski definition) is 3. The Hall–Kier alpha value is -3.18. The summed E-state index contributed by atoms with van der Waals surface area (Å²) in [6.45, 7) is 6.47. The van der Waals surface area contributed by atoms with Gasteiger partial charge in [0, 0.05) is 10.2 Å². The lowest BCUT2D eigenvalue weighted by Crippen LogP contribution is -2.29. The lowest BCUT2D eigenvalue weighted by atomic mass is 9.86. The van der Waals surface area contributed by atoms with E-state index in [9.17, 15) is 9.59 Å². The van der Waals surface area contributed by atoms with Crippen LogP contribution in [-0.2, 0) is 5.41 Å². The average molecular weight is 488 g/mol. The Morgan fingerprint density at radius 3 is 2.19 bits per heavy atom. The number of amides is 1. The number of benzene rings is 3. The summed E-state index contributed by atoms with van der Waals surface area (Å²) in [6, 6.07) is 22.2. The molecule has 4 nitrogen and oxygen atoms in total. The molecule has 2 heterocycles. The van der Waals surface area contributed by atoms with Gasteiger partial charge in [-0.1, -0.05) is 73.1 Å². The Labute approximate surface area is 194 Å². The van der Waals surface area contributed by atoms with Crippen molar-refractivity contribution in [1.29, 1.82) is 0 Å². The number of fused-ring (bicyclic) bond motifs is 2. The molecule has 5 heteroatoms. The van der Waals surface area contributed by atoms with Gasteiger partial charge in [0.2, 0.25) is 5.76 Å². The minimum atomic E-state index is -0.562. The van der Waals surface area contributed by atoms with Crippen LogP contribution in [0, 0.1) is 0 Å². The third-order valence-corrected chi connectivity index (χ3v) is 6.50. The molecule has 1 aliphatic rings. The van der Waals surface area contributed by atoms with E-state index in [-0.39, 0.29) is 22.5 Å². The quantitative estimate of drug-likeness (QED) is 0.319. The molecule has 1 aromatic heterocycles. The highest BCUT2D eigenvalue weighted by Gasteiger charge is 2.43. The molecule has 1 aliphatic heterocycles. The van der Waals surface area contributed by atoms with Gasteiger partial charge in [-0.3, -0.25) is 14.5 Å². The van der Waals surface area contributed by atoms with Crippen molar-refractivity contribution in [2.45, 2.75) is 32.2 Å². The molecule has 0 saturated carbocycles. The summed E-state index contributed by atoms with van der Waals surface area (Å²) in [5.74, 6) is -0.198. The number of nitrogens with zero attached hydrogens (tertiary/aromatic N) is 1. The van der Waals surface area contributed by atoms with Crippen molar-refractivity contribution in [2.24, 2.45) is 0 Å². The van der Waals surface area contributed by atoms with Crippen LogP contribution in [0.4, 0.5) is 5.69 Å². The van der Waals surface area contributed by atoms with Crippen LogP contribution in [0.3, 0.4) is 0 Å². The molecule has 0 bridgehead atoms. The predicted molar refractivity (Wildman–Crippen MR) is 130 cm³/mol. The van der Waals surface area contributed by atoms with Gasteiger partial charge in [-0.2, -0.15) is 0 Å². The maximum absolute atomic E-state index is 13.6. The monoisotopic (exact) mass is 487 g/mol. The number of anilines is 1. The Kier molecular flexibility index (Phi) is 4.82. The van der Waals surface area contributed by atoms with E-state index in [0.717, 1.165) is 10.0 Å². The van der Waals surface area contributed by atoms with Crippen LogP contribution < -0.4 is 10.3 Å². The zero-order valence-electron chi connectivity index (χ0n) is 18.1. The van der Waals surface area contributed by atoms with Gasteiger partial charge in [-0.05, 0) is 52.9 Å². The van der Waals surface area contributed by atoms with E-state index in [2.05, 4.69) is 48.8 Å². The highest BCUT2D eigenvalue weighted by atomic mass is 79.9. The zero-order valence-corrected chi connectivity index (χ0v) is 19.6. The van der Waals surface area contributed by atoms with E-state index in [0.29, 0.717) is 22.2 Å². The van der Waals surface area contributed by atoms with Crippen molar-refractivity contribution >= 4 is 38.5 Å². The smallest absolute Gasteiger partial charge is 0.295 e. The van der Waals surface area contributed by atoms with E-state index < -0.39 is 6.04 Å². The fourth-order valence-electron chi connectivity index (χ4n) is 4.27. The Bertz CT molecular complexity index is 1400. The molecule has 4 aromatic rings. The van der Waals surface area contributed by atoms with Crippen LogP contribution in [-0.4, -0.2) is 5.91 Å². The molecule has 0 N–H and O–H groups in total. The molecule has 0 aliphatic carbocycles. The van der Waals surface area contributed by atoms with Crippen molar-refractivity contribution < 1.29 is 9.21 Å². The first kappa shape index (κ1) is 20.7. The fraction of sp³-hybridized carbons (Fsp3) is 0.185. The highest BCUT2D eigenvalue weighted by Crippen LogP contribution is 2.41. The van der Waals surface area contributed by atoms with Crippen LogP contribution in [0.25, 0.3) is 11.0 Å². The second-order valence-electron chi connectivity index (χ2n) is 9.10. The summed E-state index contributed by atoms with van der Waals surface area (Å²) in [5.41, 5.74) is 3.41. The summed E-state index contributed by atoms with van der Waals surface area (Å²) >= 11 is 3.45. The van der Waals surface area contributed by atoms with E-state index in [1.165, 1.54) is 5.56 Å². The molecule has 1 amide bonds. The molecule has 1 unspecified atom stereocenters. The van der Waals surface area contributed by atoms with Crippen molar-refractivity contribution in [3.8, 4) is 0 Å². The van der Waals surface area contributed by atoms with Gasteiger partial charge < -0.3 is 4.42 Å². The topological polar surface area (TPSA) is 50.5 Å². The minimum absolute atomic E-state index is 0.00254. The maximum Gasteiger partial charge on any atom is 0.295 e. The minimum Gasteiger partial charge on any atom is -0.450 e. The molecule has 0 saturated heterocycles. The third-order valence-electron chi connectivity index (χ3n) is 5.97. The van der Waals surface area contributed by atoms with E-state index >= 15 is 0 Å². The first-order valence-electron chi connectivity index (χ1n) is 10.5. The Balaban J connectivity index is 1.76. The second-order valence-corrected chi connectivity index (χ2v) is 10.0. The number of hydrogen-bond donors (Lipinski definition) is 0. The molecule has 5 rings (SSSR count). The van der Waals surface area contributed by atoms with Crippen LogP contribution in [0.1, 0.15) is 54.1 Å². The number of carbonyl (C=O) groups excluding carboxylic acids is 1. The second kappa shape index (κ2) is 7.45. The molecule has 1 atom stereocenters. The largest absolute Gasteiger partial charge is 0.450 e. The highest BCUT2D eigenvalue weighted by molar-refractivity contribution is 9.10. The van der Waals surface area contributed by atoms with Crippen molar-refractivity contribution in [3.05, 3.63) is 110 Å². The Morgan fingerprint density at radius 2 is 1.53 bits per heavy atom. The van der Waals surface area contributed by atoms with Gasteiger partial charge in [-0.15, -0.1) is 0 Å². The first-order valence-corrected chi connectivity index (χ1v) is 11.3. The number of para-hydroxylation sites is 1. The zero-order chi connectivity index (χ0) is 22.6. The van der Waals surface area contributed by atoms with Crippen molar-refractivity contribution in [3.63, 3.8) is 0 Å². The van der Waals surface area contributed by atoms with Gasteiger partial charge in [-0.25, -0.2) is 0 Å². The molecule has 0 radical (unpaired) electrons. The molecule has 160 valence electrons. The lowest BCUT2D eigenvalue weighted by Gasteiger charge is -2.26. The van der Waals surface area contributed by atoms with E-state index in [1.807, 2.05) is 42.5 Å². The summed E-state index contributed by atoms with van der Waals surface area (Å²) < 4.78 is 6.92. The fourth-order valence-corrected chi connectivity index (χ4v) is 4.53. The van der Waals surface area contributed by atoms with Gasteiger partial charge in [0.25, 0.3) is 5.91 Å². The summed E-state index contributed by atoms with van der Waals surface area (Å²) in [4.78, 5) is 28.8. The summed E-state index contributed by atoms with van der Waals surface area (Å²) in [6.07, 6.45) is 0. The normalized spacial score (nSPS) is 15.9. The number of carbonyl (C=O) groups is 1. The van der Waals surface area contributed by atoms with Crippen LogP contribution >= 0.6 is 15.9 Å². The standard InChI is InChI=1S/C27H22BrNO3/c1-27(2,3)17-10-8-16(9-11-17)23-22-24(30)20-6-4-5-7-21(20)32-25(22)26(31)29(23)19-14-12-18(28)13-15-19/h4-15,23H,1-3H3. The van der Waals surface area contributed by atoms with Crippen molar-refractivity contribution in [2.75, 3.05) is 4.90 Å². The summed E-state index contributed by atoms with van der Waals surface area (Å²) in [7, 11) is 0. The lowest BCUT2D eigenvalue weighted by molar-refractivity contribution is 0.0971. The van der Waals surface area contributed by atoms with Gasteiger partial charge in [0.15, 0.2) is 5.43 Å². The number of rotatable bonds is 2. The molecule has 0 spiro atoms. The molecular formula is C27H22BrNO3. The van der Waals surface area contributed by atoms with Gasteiger partial charge in [0.05, 0.1) is 17.0 Å². The Morgan fingerprint density at radius 1 is 0.875 bits per heavy atom. The number of halogens is 1. The first-order chi connectivity index (χ1) is 15.3. The van der Waals surface area contributed by atoms with E-state index in [1.54, 1.807) is 23.1 Å². The van der Waals surface area contributed by atoms with Crippen LogP contribution in [0.15, 0.2) is 86.5 Å². The van der Waals surface area contributed by atoms with Crippen LogP contribution in [0.2, 0.25) is 0 Å². The maximum atomic E-state index is 13.6. The van der Waals surface area contributed by atoms with Gasteiger partial charge >= 0.3 is 0 Å². The predicted octanol–water partition coefficient (Wildman–Crippen LogP) is 6.60. The summed E-state index contributed by atoms with van der Waals surface area (Å²) in [5, 5.41) is 0.480. The SMILES string of the molecule is CC(C)(C)c1ccc(C2c3c(oc4ccccc4c3=O)C(=O)N2c2ccc(Br)cc2)cc1. The average Bonchev–Trinajstić information content (AvgIpc) is 3.07.